The van der Waals surface area contributed by atoms with E-state index in [1.807, 2.05) is 11.8 Å². The Morgan fingerprint density at radius 3 is 2.56 bits per heavy atom. The molecule has 0 atom stereocenters. The number of hydrogen-bond donors (Lipinski definition) is 0. The second-order valence-corrected chi connectivity index (χ2v) is 7.07. The molecule has 1 aromatic rings. The normalized spacial score (nSPS) is 22.1. The second kappa shape index (κ2) is 4.92. The van der Waals surface area contributed by atoms with Gasteiger partial charge in [-0.25, -0.2) is 0 Å². The van der Waals surface area contributed by atoms with Crippen molar-refractivity contribution in [1.29, 1.82) is 0 Å². The lowest BCUT2D eigenvalue weighted by Gasteiger charge is -2.11. The molecule has 3 rings (SSSR count). The summed E-state index contributed by atoms with van der Waals surface area (Å²) in [6.45, 7) is 2.34. The molecule has 0 unspecified atom stereocenters. The van der Waals surface area contributed by atoms with Crippen LogP contribution in [0.5, 0.6) is 0 Å². The molecule has 1 saturated carbocycles. The predicted octanol–water partition coefficient (Wildman–Crippen LogP) is 3.17. The van der Waals surface area contributed by atoms with Crippen molar-refractivity contribution in [2.24, 2.45) is 0 Å². The van der Waals surface area contributed by atoms with Crippen molar-refractivity contribution >= 4 is 28.2 Å². The average molecular weight is 255 g/mol. The Hall–Kier alpha value is -0.290. The van der Waals surface area contributed by atoms with Gasteiger partial charge in [0, 0.05) is 18.3 Å². The fraction of sp³-hybridized carbons (Fsp3) is 0.818. The van der Waals surface area contributed by atoms with Crippen molar-refractivity contribution in [1.82, 2.24) is 10.2 Å². The number of aromatic nitrogens is 2. The summed E-state index contributed by atoms with van der Waals surface area (Å²) in [7, 11) is 0. The minimum absolute atomic E-state index is 0.805. The molecule has 2 aliphatic rings. The molecular formula is C11H17N3S2. The third kappa shape index (κ3) is 2.35. The van der Waals surface area contributed by atoms with Crippen molar-refractivity contribution in [3.05, 3.63) is 0 Å². The van der Waals surface area contributed by atoms with Crippen LogP contribution in [0.2, 0.25) is 0 Å². The second-order valence-electron chi connectivity index (χ2n) is 4.57. The largest absolute Gasteiger partial charge is 0.347 e. The van der Waals surface area contributed by atoms with Gasteiger partial charge in [-0.2, -0.15) is 0 Å². The lowest BCUT2D eigenvalue weighted by Crippen LogP contribution is -2.17. The molecule has 16 heavy (non-hydrogen) atoms. The standard InChI is InChI=1S/C11H17N3S2/c1-2-6-9(5-1)15-11-13-12-10(16-11)14-7-3-4-8-14/h9H,1-8H2. The summed E-state index contributed by atoms with van der Waals surface area (Å²) in [5.41, 5.74) is 0. The Kier molecular flexibility index (Phi) is 3.33. The van der Waals surface area contributed by atoms with Crippen LogP contribution in [0, 0.1) is 0 Å². The highest BCUT2D eigenvalue weighted by Crippen LogP contribution is 2.37. The fourth-order valence-electron chi connectivity index (χ4n) is 2.44. The van der Waals surface area contributed by atoms with Gasteiger partial charge in [-0.05, 0) is 25.7 Å². The van der Waals surface area contributed by atoms with Gasteiger partial charge in [0.1, 0.15) is 0 Å². The van der Waals surface area contributed by atoms with Crippen LogP contribution in [0.3, 0.4) is 0 Å². The topological polar surface area (TPSA) is 29.0 Å². The molecule has 0 radical (unpaired) electrons. The van der Waals surface area contributed by atoms with Gasteiger partial charge in [-0.1, -0.05) is 35.9 Å². The minimum Gasteiger partial charge on any atom is -0.347 e. The molecule has 88 valence electrons. The van der Waals surface area contributed by atoms with Crippen LogP contribution in [-0.2, 0) is 0 Å². The monoisotopic (exact) mass is 255 g/mol. The summed E-state index contributed by atoms with van der Waals surface area (Å²) in [4.78, 5) is 2.37. The average Bonchev–Trinajstić information content (AvgIpc) is 2.99. The maximum Gasteiger partial charge on any atom is 0.209 e. The summed E-state index contributed by atoms with van der Waals surface area (Å²) >= 11 is 3.73. The molecule has 0 N–H and O–H groups in total. The first-order chi connectivity index (χ1) is 7.92. The number of hydrogen-bond acceptors (Lipinski definition) is 5. The van der Waals surface area contributed by atoms with Gasteiger partial charge in [0.15, 0.2) is 4.34 Å². The quantitative estimate of drug-likeness (QED) is 0.829. The lowest BCUT2D eigenvalue weighted by atomic mass is 10.4. The van der Waals surface area contributed by atoms with Gasteiger partial charge >= 0.3 is 0 Å². The van der Waals surface area contributed by atoms with Crippen molar-refractivity contribution in [2.75, 3.05) is 18.0 Å². The van der Waals surface area contributed by atoms with E-state index in [4.69, 9.17) is 0 Å². The Balaban J connectivity index is 1.62. The molecule has 2 heterocycles. The molecule has 0 spiro atoms. The molecule has 1 aromatic heterocycles. The van der Waals surface area contributed by atoms with Crippen LogP contribution >= 0.6 is 23.1 Å². The van der Waals surface area contributed by atoms with E-state index in [2.05, 4.69) is 15.1 Å². The van der Waals surface area contributed by atoms with Gasteiger partial charge in [0.25, 0.3) is 0 Å². The molecule has 0 amide bonds. The number of nitrogens with zero attached hydrogens (tertiary/aromatic N) is 3. The first-order valence-electron chi connectivity index (χ1n) is 6.17. The fourth-order valence-corrected chi connectivity index (χ4v) is 4.83. The van der Waals surface area contributed by atoms with Crippen molar-refractivity contribution in [2.45, 2.75) is 48.1 Å². The molecule has 2 fully saturated rings. The number of anilines is 1. The highest BCUT2D eigenvalue weighted by atomic mass is 32.2. The van der Waals surface area contributed by atoms with E-state index in [0.717, 1.165) is 10.4 Å². The van der Waals surface area contributed by atoms with Crippen LogP contribution in [0.4, 0.5) is 5.13 Å². The van der Waals surface area contributed by atoms with Crippen LogP contribution in [0.15, 0.2) is 4.34 Å². The van der Waals surface area contributed by atoms with E-state index in [9.17, 15) is 0 Å². The molecule has 5 heteroatoms. The Bertz CT molecular complexity index is 341. The summed E-state index contributed by atoms with van der Waals surface area (Å²) in [6.07, 6.45) is 8.15. The predicted molar refractivity (Wildman–Crippen MR) is 69.5 cm³/mol. The van der Waals surface area contributed by atoms with E-state index in [-0.39, 0.29) is 0 Å². The zero-order valence-corrected chi connectivity index (χ0v) is 11.0. The van der Waals surface area contributed by atoms with E-state index < -0.39 is 0 Å². The third-order valence-electron chi connectivity index (χ3n) is 3.34. The van der Waals surface area contributed by atoms with Crippen molar-refractivity contribution < 1.29 is 0 Å². The molecule has 0 bridgehead atoms. The molecular weight excluding hydrogens is 238 g/mol. The summed E-state index contributed by atoms with van der Waals surface area (Å²) in [5.74, 6) is 0. The van der Waals surface area contributed by atoms with Crippen LogP contribution in [-0.4, -0.2) is 28.5 Å². The molecule has 1 aliphatic carbocycles. The smallest absolute Gasteiger partial charge is 0.209 e. The summed E-state index contributed by atoms with van der Waals surface area (Å²) in [6, 6.07) is 0. The van der Waals surface area contributed by atoms with Crippen LogP contribution in [0.25, 0.3) is 0 Å². The van der Waals surface area contributed by atoms with E-state index in [1.165, 1.54) is 56.0 Å². The number of rotatable bonds is 3. The first kappa shape index (κ1) is 10.8. The highest BCUT2D eigenvalue weighted by Gasteiger charge is 2.20. The van der Waals surface area contributed by atoms with Gasteiger partial charge < -0.3 is 4.90 Å². The Morgan fingerprint density at radius 1 is 1.06 bits per heavy atom. The molecule has 1 aliphatic heterocycles. The van der Waals surface area contributed by atoms with Gasteiger partial charge in [-0.15, -0.1) is 10.2 Å². The molecule has 3 nitrogen and oxygen atoms in total. The zero-order valence-electron chi connectivity index (χ0n) is 9.39. The third-order valence-corrected chi connectivity index (χ3v) is 5.75. The summed E-state index contributed by atoms with van der Waals surface area (Å²) < 4.78 is 1.17. The zero-order chi connectivity index (χ0) is 10.8. The van der Waals surface area contributed by atoms with Crippen molar-refractivity contribution in [3.8, 4) is 0 Å². The molecule has 0 aromatic carbocycles. The lowest BCUT2D eigenvalue weighted by molar-refractivity contribution is 0.886. The van der Waals surface area contributed by atoms with Crippen LogP contribution < -0.4 is 4.90 Å². The SMILES string of the molecule is C1CCC(Sc2nnc(N3CCCC3)s2)C1. The van der Waals surface area contributed by atoms with Crippen LogP contribution in [0.1, 0.15) is 38.5 Å². The summed E-state index contributed by atoms with van der Waals surface area (Å²) in [5, 5.41) is 10.6. The highest BCUT2D eigenvalue weighted by molar-refractivity contribution is 8.01. The van der Waals surface area contributed by atoms with Gasteiger partial charge in [0.2, 0.25) is 5.13 Å². The van der Waals surface area contributed by atoms with Gasteiger partial charge in [0.05, 0.1) is 0 Å². The maximum absolute atomic E-state index is 4.31. The molecule has 1 saturated heterocycles. The van der Waals surface area contributed by atoms with E-state index in [1.54, 1.807) is 11.3 Å². The minimum atomic E-state index is 0.805. The van der Waals surface area contributed by atoms with E-state index in [0.29, 0.717) is 0 Å². The van der Waals surface area contributed by atoms with Gasteiger partial charge in [-0.3, -0.25) is 0 Å². The first-order valence-corrected chi connectivity index (χ1v) is 7.86. The Morgan fingerprint density at radius 2 is 1.81 bits per heavy atom. The Labute approximate surface area is 105 Å². The van der Waals surface area contributed by atoms with Crippen molar-refractivity contribution in [3.63, 3.8) is 0 Å². The number of thioether (sulfide) groups is 1. The maximum atomic E-state index is 4.31. The van der Waals surface area contributed by atoms with E-state index >= 15 is 0 Å².